The highest BCUT2D eigenvalue weighted by Crippen LogP contribution is 2.30. The summed E-state index contributed by atoms with van der Waals surface area (Å²) in [5.74, 6) is 0. The molecule has 2 aromatic heterocycles. The number of halogens is 1. The van der Waals surface area contributed by atoms with E-state index in [1.165, 1.54) is 6.33 Å². The molecule has 0 aliphatic heterocycles. The Bertz CT molecular complexity index is 476. The molecule has 0 amide bonds. The van der Waals surface area contributed by atoms with Gasteiger partial charge in [-0.25, -0.2) is 9.97 Å². The van der Waals surface area contributed by atoms with Gasteiger partial charge in [0.15, 0.2) is 0 Å². The molecule has 0 atom stereocenters. The van der Waals surface area contributed by atoms with Gasteiger partial charge in [0, 0.05) is 22.9 Å². The molecule has 0 aliphatic rings. The SMILES string of the molecule is CCc1c(Cl)ncnc1Sc1ccncc1. The predicted molar refractivity (Wildman–Crippen MR) is 64.8 cm³/mol. The van der Waals surface area contributed by atoms with Crippen molar-refractivity contribution in [2.75, 3.05) is 0 Å². The first kappa shape index (κ1) is 11.4. The Morgan fingerprint density at radius 3 is 2.69 bits per heavy atom. The van der Waals surface area contributed by atoms with Crippen LogP contribution >= 0.6 is 23.4 Å². The van der Waals surface area contributed by atoms with Gasteiger partial charge in [-0.3, -0.25) is 4.98 Å². The molecule has 2 aromatic rings. The van der Waals surface area contributed by atoms with E-state index in [2.05, 4.69) is 15.0 Å². The summed E-state index contributed by atoms with van der Waals surface area (Å²) < 4.78 is 0. The second kappa shape index (κ2) is 5.27. The lowest BCUT2D eigenvalue weighted by Gasteiger charge is -2.06. The summed E-state index contributed by atoms with van der Waals surface area (Å²) in [6, 6.07) is 3.89. The van der Waals surface area contributed by atoms with Gasteiger partial charge in [-0.2, -0.15) is 0 Å². The van der Waals surface area contributed by atoms with E-state index in [4.69, 9.17) is 11.6 Å². The lowest BCUT2D eigenvalue weighted by atomic mass is 10.3. The van der Waals surface area contributed by atoms with Gasteiger partial charge in [0.25, 0.3) is 0 Å². The Morgan fingerprint density at radius 2 is 2.00 bits per heavy atom. The second-order valence-corrected chi connectivity index (χ2v) is 4.51. The molecule has 0 N–H and O–H groups in total. The van der Waals surface area contributed by atoms with Gasteiger partial charge < -0.3 is 0 Å². The van der Waals surface area contributed by atoms with Crippen LogP contribution in [0, 0.1) is 0 Å². The largest absolute Gasteiger partial charge is 0.265 e. The van der Waals surface area contributed by atoms with Gasteiger partial charge in [-0.1, -0.05) is 30.3 Å². The monoisotopic (exact) mass is 251 g/mol. The highest BCUT2D eigenvalue weighted by atomic mass is 35.5. The molecule has 0 saturated heterocycles. The fraction of sp³-hybridized carbons (Fsp3) is 0.182. The number of hydrogen-bond acceptors (Lipinski definition) is 4. The number of aromatic nitrogens is 3. The van der Waals surface area contributed by atoms with Crippen molar-refractivity contribution in [1.82, 2.24) is 15.0 Å². The van der Waals surface area contributed by atoms with Crippen molar-refractivity contribution in [2.45, 2.75) is 23.3 Å². The molecular weight excluding hydrogens is 242 g/mol. The Morgan fingerprint density at radius 1 is 1.25 bits per heavy atom. The van der Waals surface area contributed by atoms with Crippen molar-refractivity contribution in [3.63, 3.8) is 0 Å². The summed E-state index contributed by atoms with van der Waals surface area (Å²) in [7, 11) is 0. The number of nitrogens with zero attached hydrogens (tertiary/aromatic N) is 3. The molecule has 2 heterocycles. The Hall–Kier alpha value is -1.13. The van der Waals surface area contributed by atoms with Crippen LogP contribution in [0.4, 0.5) is 0 Å². The van der Waals surface area contributed by atoms with Gasteiger partial charge >= 0.3 is 0 Å². The zero-order valence-corrected chi connectivity index (χ0v) is 10.3. The van der Waals surface area contributed by atoms with E-state index in [1.807, 2.05) is 19.1 Å². The summed E-state index contributed by atoms with van der Waals surface area (Å²) in [5.41, 5.74) is 0.992. The average Bonchev–Trinajstić information content (AvgIpc) is 2.31. The van der Waals surface area contributed by atoms with Gasteiger partial charge in [-0.15, -0.1) is 0 Å². The molecule has 0 bridgehead atoms. The highest BCUT2D eigenvalue weighted by Gasteiger charge is 2.09. The van der Waals surface area contributed by atoms with E-state index in [0.29, 0.717) is 5.15 Å². The van der Waals surface area contributed by atoms with Gasteiger partial charge in [0.2, 0.25) is 0 Å². The minimum Gasteiger partial charge on any atom is -0.265 e. The zero-order valence-electron chi connectivity index (χ0n) is 8.72. The van der Waals surface area contributed by atoms with Crippen LogP contribution < -0.4 is 0 Å². The Labute approximate surface area is 103 Å². The molecule has 82 valence electrons. The Balaban J connectivity index is 2.31. The third-order valence-electron chi connectivity index (χ3n) is 2.07. The van der Waals surface area contributed by atoms with Gasteiger partial charge in [0.05, 0.1) is 0 Å². The van der Waals surface area contributed by atoms with E-state index in [1.54, 1.807) is 24.2 Å². The Kier molecular flexibility index (Phi) is 3.74. The van der Waals surface area contributed by atoms with Crippen molar-refractivity contribution in [3.8, 4) is 0 Å². The first-order valence-corrected chi connectivity index (χ1v) is 6.08. The maximum Gasteiger partial charge on any atom is 0.136 e. The summed E-state index contributed by atoms with van der Waals surface area (Å²) in [5, 5.41) is 1.45. The van der Waals surface area contributed by atoms with E-state index in [-0.39, 0.29) is 0 Å². The summed E-state index contributed by atoms with van der Waals surface area (Å²) in [6.07, 6.45) is 5.84. The van der Waals surface area contributed by atoms with Crippen LogP contribution in [-0.2, 0) is 6.42 Å². The summed E-state index contributed by atoms with van der Waals surface area (Å²) >= 11 is 7.60. The second-order valence-electron chi connectivity index (χ2n) is 3.09. The lowest BCUT2D eigenvalue weighted by Crippen LogP contribution is -1.93. The summed E-state index contributed by atoms with van der Waals surface area (Å²) in [4.78, 5) is 13.3. The maximum absolute atomic E-state index is 6.02. The smallest absolute Gasteiger partial charge is 0.136 e. The van der Waals surface area contributed by atoms with Crippen LogP contribution in [0.1, 0.15) is 12.5 Å². The number of hydrogen-bond donors (Lipinski definition) is 0. The molecule has 0 saturated carbocycles. The minimum absolute atomic E-state index is 0.536. The van der Waals surface area contributed by atoms with Crippen LogP contribution in [0.3, 0.4) is 0 Å². The van der Waals surface area contributed by atoms with Crippen LogP contribution in [-0.4, -0.2) is 15.0 Å². The van der Waals surface area contributed by atoms with Gasteiger partial charge in [0.1, 0.15) is 16.5 Å². The molecule has 0 spiro atoms. The third-order valence-corrected chi connectivity index (χ3v) is 3.45. The van der Waals surface area contributed by atoms with Crippen molar-refractivity contribution < 1.29 is 0 Å². The van der Waals surface area contributed by atoms with E-state index in [0.717, 1.165) is 21.9 Å². The quantitative estimate of drug-likeness (QED) is 0.785. The maximum atomic E-state index is 6.02. The van der Waals surface area contributed by atoms with E-state index in [9.17, 15) is 0 Å². The fourth-order valence-electron chi connectivity index (χ4n) is 1.28. The molecule has 0 aliphatic carbocycles. The first-order chi connectivity index (χ1) is 7.81. The van der Waals surface area contributed by atoms with E-state index >= 15 is 0 Å². The van der Waals surface area contributed by atoms with Crippen LogP contribution in [0.2, 0.25) is 5.15 Å². The lowest BCUT2D eigenvalue weighted by molar-refractivity contribution is 0.944. The molecule has 0 radical (unpaired) electrons. The fourth-order valence-corrected chi connectivity index (χ4v) is 2.55. The van der Waals surface area contributed by atoms with Gasteiger partial charge in [-0.05, 0) is 18.6 Å². The number of rotatable bonds is 3. The van der Waals surface area contributed by atoms with Crippen molar-refractivity contribution in [2.24, 2.45) is 0 Å². The minimum atomic E-state index is 0.536. The molecule has 0 fully saturated rings. The molecular formula is C11H10ClN3S. The molecule has 16 heavy (non-hydrogen) atoms. The van der Waals surface area contributed by atoms with Crippen LogP contribution in [0.15, 0.2) is 40.8 Å². The third kappa shape index (κ3) is 2.51. The molecule has 3 nitrogen and oxygen atoms in total. The van der Waals surface area contributed by atoms with Crippen LogP contribution in [0.25, 0.3) is 0 Å². The molecule has 2 rings (SSSR count). The zero-order chi connectivity index (χ0) is 11.4. The molecule has 0 aromatic carbocycles. The van der Waals surface area contributed by atoms with Crippen LogP contribution in [0.5, 0.6) is 0 Å². The normalized spacial score (nSPS) is 10.4. The van der Waals surface area contributed by atoms with Crippen molar-refractivity contribution in [1.29, 1.82) is 0 Å². The van der Waals surface area contributed by atoms with Crippen molar-refractivity contribution >= 4 is 23.4 Å². The van der Waals surface area contributed by atoms with Crippen molar-refractivity contribution in [3.05, 3.63) is 41.6 Å². The van der Waals surface area contributed by atoms with E-state index < -0.39 is 0 Å². The predicted octanol–water partition coefficient (Wildman–Crippen LogP) is 3.24. The average molecular weight is 252 g/mol. The highest BCUT2D eigenvalue weighted by molar-refractivity contribution is 7.99. The number of pyridine rings is 1. The first-order valence-electron chi connectivity index (χ1n) is 4.88. The standard InChI is InChI=1S/C11H10ClN3S/c1-2-9-10(12)14-7-15-11(9)16-8-3-5-13-6-4-8/h3-7H,2H2,1H3. The summed E-state index contributed by atoms with van der Waals surface area (Å²) in [6.45, 7) is 2.04. The molecule has 5 heteroatoms. The molecule has 0 unspecified atom stereocenters. The topological polar surface area (TPSA) is 38.7 Å².